The van der Waals surface area contributed by atoms with Crippen molar-refractivity contribution in [1.29, 1.82) is 0 Å². The number of aromatic nitrogens is 2. The minimum atomic E-state index is -1.08. The second-order valence-corrected chi connectivity index (χ2v) is 5.51. The zero-order valence-corrected chi connectivity index (χ0v) is 13.2. The molecular weight excluding hydrogens is 298 g/mol. The Morgan fingerprint density at radius 1 is 1.22 bits per heavy atom. The highest BCUT2D eigenvalue weighted by atomic mass is 16.4. The summed E-state index contributed by atoms with van der Waals surface area (Å²) in [5.74, 6) is -1.08. The van der Waals surface area contributed by atoms with Gasteiger partial charge in [-0.3, -0.25) is 9.59 Å². The van der Waals surface area contributed by atoms with E-state index in [2.05, 4.69) is 0 Å². The average Bonchev–Trinajstić information content (AvgIpc) is 2.52. The third-order valence-corrected chi connectivity index (χ3v) is 4.02. The number of aliphatic carboxylic acids is 1. The summed E-state index contributed by atoms with van der Waals surface area (Å²) in [6.45, 7) is 3.40. The van der Waals surface area contributed by atoms with Crippen molar-refractivity contribution in [1.82, 2.24) is 9.13 Å². The molecule has 1 atom stereocenters. The van der Waals surface area contributed by atoms with Gasteiger partial charge in [0.2, 0.25) is 0 Å². The van der Waals surface area contributed by atoms with Crippen molar-refractivity contribution in [3.05, 3.63) is 61.9 Å². The molecule has 0 saturated heterocycles. The first-order chi connectivity index (χ1) is 10.7. The maximum absolute atomic E-state index is 12.4. The maximum atomic E-state index is 12.4. The molecule has 122 valence electrons. The van der Waals surface area contributed by atoms with E-state index in [9.17, 15) is 14.4 Å². The van der Waals surface area contributed by atoms with Gasteiger partial charge in [-0.15, -0.1) is 0 Å². The summed E-state index contributed by atoms with van der Waals surface area (Å²) in [6.07, 6.45) is 0.176. The molecule has 3 N–H and O–H groups in total. The van der Waals surface area contributed by atoms with Crippen molar-refractivity contribution in [3.63, 3.8) is 0 Å². The molecule has 7 heteroatoms. The van der Waals surface area contributed by atoms with E-state index >= 15 is 0 Å². The summed E-state index contributed by atoms with van der Waals surface area (Å²) in [4.78, 5) is 35.5. The first-order valence-electron chi connectivity index (χ1n) is 7.11. The van der Waals surface area contributed by atoms with Crippen LogP contribution in [0.1, 0.15) is 16.8 Å². The second-order valence-electron chi connectivity index (χ2n) is 5.51. The molecule has 23 heavy (non-hydrogen) atoms. The molecule has 0 fully saturated rings. The number of carbonyl (C=O) groups is 1. The van der Waals surface area contributed by atoms with Crippen LogP contribution in [0.15, 0.2) is 33.9 Å². The van der Waals surface area contributed by atoms with Crippen molar-refractivity contribution in [2.75, 3.05) is 0 Å². The highest BCUT2D eigenvalue weighted by molar-refractivity contribution is 5.73. The number of nitrogens with two attached hydrogens (primary N) is 1. The van der Waals surface area contributed by atoms with Gasteiger partial charge in [0.15, 0.2) is 0 Å². The fourth-order valence-corrected chi connectivity index (χ4v) is 2.30. The van der Waals surface area contributed by atoms with E-state index in [1.165, 1.54) is 4.57 Å². The van der Waals surface area contributed by atoms with Crippen LogP contribution in [0.25, 0.3) is 5.69 Å². The smallest absolute Gasteiger partial charge is 0.335 e. The molecule has 1 aromatic heterocycles. The van der Waals surface area contributed by atoms with Crippen LogP contribution in [0.3, 0.4) is 0 Å². The Bertz CT molecular complexity index is 825. The standard InChI is InChI=1S/C16H19N3O4/c1-9-10(2)18(3)16(23)19(14(9)20)12-6-4-11(5-7-12)8-13(17)15(21)22/h4-7,13H,8,17H2,1-3H3,(H,21,22)/t13-/m0/s1. The average molecular weight is 317 g/mol. The molecule has 0 aliphatic carbocycles. The van der Waals surface area contributed by atoms with Gasteiger partial charge in [0.05, 0.1) is 5.69 Å². The monoisotopic (exact) mass is 317 g/mol. The van der Waals surface area contributed by atoms with Crippen LogP contribution < -0.4 is 17.0 Å². The molecule has 1 aromatic carbocycles. The lowest BCUT2D eigenvalue weighted by molar-refractivity contribution is -0.138. The second kappa shape index (κ2) is 6.21. The molecule has 0 radical (unpaired) electrons. The molecule has 7 nitrogen and oxygen atoms in total. The van der Waals surface area contributed by atoms with Gasteiger partial charge >= 0.3 is 11.7 Å². The molecule has 1 heterocycles. The first kappa shape index (κ1) is 16.7. The molecule has 0 unspecified atom stereocenters. The number of rotatable bonds is 4. The highest BCUT2D eigenvalue weighted by Gasteiger charge is 2.14. The topological polar surface area (TPSA) is 107 Å². The van der Waals surface area contributed by atoms with Crippen LogP contribution in [0.5, 0.6) is 0 Å². The third kappa shape index (κ3) is 3.09. The van der Waals surface area contributed by atoms with Crippen molar-refractivity contribution in [3.8, 4) is 5.69 Å². The van der Waals surface area contributed by atoms with Gasteiger partial charge in [-0.05, 0) is 38.0 Å². The van der Waals surface area contributed by atoms with Crippen LogP contribution in [0, 0.1) is 13.8 Å². The van der Waals surface area contributed by atoms with Gasteiger partial charge in [-0.1, -0.05) is 12.1 Å². The normalized spacial score (nSPS) is 12.2. The molecule has 0 saturated carbocycles. The predicted octanol–water partition coefficient (Wildman–Crippen LogP) is 0.107. The summed E-state index contributed by atoms with van der Waals surface area (Å²) in [5, 5.41) is 8.82. The minimum absolute atomic E-state index is 0.176. The number of nitrogens with zero attached hydrogens (tertiary/aromatic N) is 2. The summed E-state index contributed by atoms with van der Waals surface area (Å²) in [6, 6.07) is 5.57. The van der Waals surface area contributed by atoms with E-state index in [4.69, 9.17) is 10.8 Å². The Kier molecular flexibility index (Phi) is 4.51. The van der Waals surface area contributed by atoms with Crippen molar-refractivity contribution in [2.24, 2.45) is 12.8 Å². The zero-order chi connectivity index (χ0) is 17.3. The number of hydrogen-bond acceptors (Lipinski definition) is 4. The van der Waals surface area contributed by atoms with Crippen LogP contribution in [-0.2, 0) is 18.3 Å². The lowest BCUT2D eigenvalue weighted by atomic mass is 10.1. The van der Waals surface area contributed by atoms with E-state index in [-0.39, 0.29) is 12.0 Å². The Morgan fingerprint density at radius 2 is 1.78 bits per heavy atom. The lowest BCUT2D eigenvalue weighted by Gasteiger charge is -2.13. The SMILES string of the molecule is Cc1c(C)n(C)c(=O)n(-c2ccc(C[C@H](N)C(=O)O)cc2)c1=O. The van der Waals surface area contributed by atoms with Crippen LogP contribution in [-0.4, -0.2) is 26.3 Å². The number of carboxylic acids is 1. The van der Waals surface area contributed by atoms with Crippen molar-refractivity contribution < 1.29 is 9.90 Å². The van der Waals surface area contributed by atoms with Gasteiger partial charge in [-0.25, -0.2) is 9.36 Å². The van der Waals surface area contributed by atoms with Gasteiger partial charge in [-0.2, -0.15) is 0 Å². The minimum Gasteiger partial charge on any atom is -0.480 e. The van der Waals surface area contributed by atoms with Crippen LogP contribution in [0.4, 0.5) is 0 Å². The molecule has 0 bridgehead atoms. The Hall–Kier alpha value is -2.67. The lowest BCUT2D eigenvalue weighted by Crippen LogP contribution is -2.40. The van der Waals surface area contributed by atoms with Gasteiger partial charge in [0, 0.05) is 18.3 Å². The van der Waals surface area contributed by atoms with Crippen molar-refractivity contribution >= 4 is 5.97 Å². The van der Waals surface area contributed by atoms with E-state index in [0.717, 1.165) is 10.1 Å². The summed E-state index contributed by atoms with van der Waals surface area (Å²) in [5.41, 5.74) is 7.00. The molecule has 0 aliphatic rings. The molecule has 2 aromatic rings. The van der Waals surface area contributed by atoms with E-state index in [1.807, 2.05) is 0 Å². The van der Waals surface area contributed by atoms with Gasteiger partial charge in [0.25, 0.3) is 5.56 Å². The fraction of sp³-hybridized carbons (Fsp3) is 0.312. The van der Waals surface area contributed by atoms with E-state index in [0.29, 0.717) is 16.9 Å². The largest absolute Gasteiger partial charge is 0.480 e. The zero-order valence-electron chi connectivity index (χ0n) is 13.2. The number of benzene rings is 1. The fourth-order valence-electron chi connectivity index (χ4n) is 2.30. The number of hydrogen-bond donors (Lipinski definition) is 2. The van der Waals surface area contributed by atoms with Crippen LogP contribution >= 0.6 is 0 Å². The Balaban J connectivity index is 2.47. The predicted molar refractivity (Wildman–Crippen MR) is 86.1 cm³/mol. The summed E-state index contributed by atoms with van der Waals surface area (Å²) >= 11 is 0. The molecule has 0 amide bonds. The third-order valence-electron chi connectivity index (χ3n) is 4.02. The molecular formula is C16H19N3O4. The molecule has 2 rings (SSSR count). The summed E-state index contributed by atoms with van der Waals surface area (Å²) in [7, 11) is 1.61. The van der Waals surface area contributed by atoms with E-state index in [1.54, 1.807) is 45.2 Å². The Labute approximate surface area is 132 Å². The highest BCUT2D eigenvalue weighted by Crippen LogP contribution is 2.09. The van der Waals surface area contributed by atoms with Gasteiger partial charge < -0.3 is 15.4 Å². The molecule has 0 aliphatic heterocycles. The Morgan fingerprint density at radius 3 is 2.30 bits per heavy atom. The first-order valence-corrected chi connectivity index (χ1v) is 7.11. The number of carboxylic acid groups (broad SMARTS) is 1. The summed E-state index contributed by atoms with van der Waals surface area (Å²) < 4.78 is 2.52. The van der Waals surface area contributed by atoms with Gasteiger partial charge in [0.1, 0.15) is 6.04 Å². The maximum Gasteiger partial charge on any atom is 0.335 e. The van der Waals surface area contributed by atoms with Crippen molar-refractivity contribution in [2.45, 2.75) is 26.3 Å². The van der Waals surface area contributed by atoms with Crippen LogP contribution in [0.2, 0.25) is 0 Å². The van der Waals surface area contributed by atoms with E-state index < -0.39 is 17.7 Å². The molecule has 0 spiro atoms. The quantitative estimate of drug-likeness (QED) is 0.832.